The number of carbonyl (C=O) groups excluding carboxylic acids is 1. The number of aromatic nitrogens is 2. The summed E-state index contributed by atoms with van der Waals surface area (Å²) in [5, 5.41) is 2.42. The predicted molar refractivity (Wildman–Crippen MR) is 108 cm³/mol. The summed E-state index contributed by atoms with van der Waals surface area (Å²) in [6.07, 6.45) is 7.65. The molecule has 0 aromatic carbocycles. The fraction of sp³-hybridized carbons (Fsp3) is 0.650. The van der Waals surface area contributed by atoms with Crippen LogP contribution in [0.1, 0.15) is 57.7 Å². The third-order valence-electron chi connectivity index (χ3n) is 6.77. The van der Waals surface area contributed by atoms with Crippen molar-refractivity contribution in [2.24, 2.45) is 17.3 Å². The number of thiophene rings is 1. The quantitative estimate of drug-likeness (QED) is 0.780. The Hall–Kier alpha value is -1.40. The second-order valence-corrected chi connectivity index (χ2v) is 10.7. The molecule has 144 valence electrons. The van der Waals surface area contributed by atoms with Crippen molar-refractivity contribution < 1.29 is 4.79 Å². The summed E-state index contributed by atoms with van der Waals surface area (Å²) in [4.78, 5) is 30.9. The van der Waals surface area contributed by atoms with E-state index in [9.17, 15) is 9.59 Å². The van der Waals surface area contributed by atoms with Crippen LogP contribution in [0.4, 0.5) is 0 Å². The Bertz CT molecular complexity index is 967. The van der Waals surface area contributed by atoms with E-state index in [1.807, 2.05) is 12.3 Å². The summed E-state index contributed by atoms with van der Waals surface area (Å²) in [5.74, 6) is 1.83. The van der Waals surface area contributed by atoms with Gasteiger partial charge in [0, 0.05) is 17.7 Å². The lowest BCUT2D eigenvalue weighted by Crippen LogP contribution is -2.54. The van der Waals surface area contributed by atoms with Crippen LogP contribution in [0.25, 0.3) is 10.2 Å². The first-order chi connectivity index (χ1) is 12.9. The molecule has 4 saturated carbocycles. The number of hydrogen-bond donors (Lipinski definition) is 1. The molecule has 4 bridgehead atoms. The number of aryl methyl sites for hydroxylation is 1. The molecule has 2 heterocycles. The molecule has 7 heteroatoms. The molecule has 4 fully saturated rings. The van der Waals surface area contributed by atoms with Crippen LogP contribution in [0, 0.1) is 17.3 Å². The van der Waals surface area contributed by atoms with Gasteiger partial charge in [-0.15, -0.1) is 22.9 Å². The highest BCUT2D eigenvalue weighted by Gasteiger charge is 2.57. The minimum absolute atomic E-state index is 0.00577. The Labute approximate surface area is 167 Å². The number of halogens is 1. The standard InChI is InChI=1S/C20H24ClN3O2S/c1-2-15-22-17-14(3-4-27-17)18(26)24(15)23-16(25)10-19-6-12-5-13(7-19)9-20(21,8-12)11-19/h3-4,12-13H,2,5-11H2,1H3,(H,23,25). The van der Waals surface area contributed by atoms with Crippen molar-refractivity contribution in [3.8, 4) is 0 Å². The van der Waals surface area contributed by atoms with Gasteiger partial charge in [-0.25, -0.2) is 9.66 Å². The lowest BCUT2D eigenvalue weighted by Gasteiger charge is -2.60. The molecule has 2 atom stereocenters. The summed E-state index contributed by atoms with van der Waals surface area (Å²) in [5.41, 5.74) is 2.68. The van der Waals surface area contributed by atoms with Crippen molar-refractivity contribution in [2.45, 2.75) is 63.2 Å². The number of fused-ring (bicyclic) bond motifs is 1. The SMILES string of the molecule is CCc1nc2sccc2c(=O)n1NC(=O)CC12CC3CC(CC(Cl)(C3)C1)C2. The van der Waals surface area contributed by atoms with E-state index in [4.69, 9.17) is 11.6 Å². The van der Waals surface area contributed by atoms with Crippen molar-refractivity contribution in [3.63, 3.8) is 0 Å². The van der Waals surface area contributed by atoms with E-state index in [1.54, 1.807) is 6.07 Å². The molecule has 1 amide bonds. The van der Waals surface area contributed by atoms with Crippen LogP contribution in [-0.2, 0) is 11.2 Å². The second kappa shape index (κ2) is 6.05. The van der Waals surface area contributed by atoms with E-state index in [0.29, 0.717) is 35.9 Å². The lowest BCUT2D eigenvalue weighted by atomic mass is 9.48. The Morgan fingerprint density at radius 3 is 2.78 bits per heavy atom. The first-order valence-corrected chi connectivity index (χ1v) is 11.1. The maximum Gasteiger partial charge on any atom is 0.281 e. The van der Waals surface area contributed by atoms with Crippen LogP contribution >= 0.6 is 22.9 Å². The van der Waals surface area contributed by atoms with Gasteiger partial charge in [-0.2, -0.15) is 0 Å². The maximum absolute atomic E-state index is 13.0. The van der Waals surface area contributed by atoms with Gasteiger partial charge in [-0.3, -0.25) is 15.0 Å². The van der Waals surface area contributed by atoms with Crippen molar-refractivity contribution in [1.29, 1.82) is 0 Å². The first-order valence-electron chi connectivity index (χ1n) is 9.87. The zero-order valence-corrected chi connectivity index (χ0v) is 17.0. The minimum Gasteiger partial charge on any atom is -0.273 e. The van der Waals surface area contributed by atoms with Crippen molar-refractivity contribution in [1.82, 2.24) is 9.66 Å². The largest absolute Gasteiger partial charge is 0.281 e. The van der Waals surface area contributed by atoms with Gasteiger partial charge in [0.15, 0.2) is 0 Å². The highest BCUT2D eigenvalue weighted by Crippen LogP contribution is 2.64. The average molecular weight is 406 g/mol. The fourth-order valence-corrected chi connectivity index (χ4v) is 7.85. The Balaban J connectivity index is 1.41. The van der Waals surface area contributed by atoms with E-state index in [0.717, 1.165) is 36.9 Å². The molecule has 6 rings (SSSR count). The number of amides is 1. The summed E-state index contributed by atoms with van der Waals surface area (Å²) in [6.45, 7) is 1.94. The van der Waals surface area contributed by atoms with E-state index in [-0.39, 0.29) is 21.8 Å². The van der Waals surface area contributed by atoms with Crippen LogP contribution in [0.3, 0.4) is 0 Å². The van der Waals surface area contributed by atoms with Crippen LogP contribution in [0.2, 0.25) is 0 Å². The van der Waals surface area contributed by atoms with Gasteiger partial charge < -0.3 is 0 Å². The number of hydrogen-bond acceptors (Lipinski definition) is 4. The van der Waals surface area contributed by atoms with Crippen molar-refractivity contribution >= 4 is 39.1 Å². The molecule has 0 spiro atoms. The Morgan fingerprint density at radius 1 is 1.37 bits per heavy atom. The number of nitrogens with zero attached hydrogens (tertiary/aromatic N) is 2. The van der Waals surface area contributed by atoms with Gasteiger partial charge in [0.1, 0.15) is 10.7 Å². The molecule has 27 heavy (non-hydrogen) atoms. The molecule has 4 aliphatic carbocycles. The van der Waals surface area contributed by atoms with Gasteiger partial charge in [0.05, 0.1) is 5.39 Å². The zero-order valence-electron chi connectivity index (χ0n) is 15.5. The van der Waals surface area contributed by atoms with Gasteiger partial charge in [0.25, 0.3) is 5.56 Å². The second-order valence-electron chi connectivity index (χ2n) is 8.99. The number of carbonyl (C=O) groups is 1. The number of alkyl halides is 1. The lowest BCUT2D eigenvalue weighted by molar-refractivity contribution is -0.124. The highest BCUT2D eigenvalue weighted by molar-refractivity contribution is 7.16. The number of nitrogens with one attached hydrogen (secondary N) is 1. The summed E-state index contributed by atoms with van der Waals surface area (Å²) in [7, 11) is 0. The van der Waals surface area contributed by atoms with Gasteiger partial charge in [-0.1, -0.05) is 6.92 Å². The van der Waals surface area contributed by atoms with Crippen LogP contribution in [0.15, 0.2) is 16.2 Å². The van der Waals surface area contributed by atoms with Gasteiger partial charge in [0.2, 0.25) is 5.91 Å². The molecule has 2 unspecified atom stereocenters. The van der Waals surface area contributed by atoms with E-state index < -0.39 is 0 Å². The third kappa shape index (κ3) is 2.92. The molecule has 1 N–H and O–H groups in total. The normalized spacial score (nSPS) is 34.3. The number of rotatable bonds is 4. The van der Waals surface area contributed by atoms with Crippen LogP contribution in [0.5, 0.6) is 0 Å². The monoisotopic (exact) mass is 405 g/mol. The molecule has 0 radical (unpaired) electrons. The van der Waals surface area contributed by atoms with Gasteiger partial charge >= 0.3 is 0 Å². The minimum atomic E-state index is -0.189. The molecular weight excluding hydrogens is 382 g/mol. The van der Waals surface area contributed by atoms with Crippen LogP contribution < -0.4 is 11.0 Å². The zero-order chi connectivity index (χ0) is 18.8. The molecule has 0 aliphatic heterocycles. The maximum atomic E-state index is 13.0. The predicted octanol–water partition coefficient (Wildman–Crippen LogP) is 4.06. The first kappa shape index (κ1) is 17.7. The van der Waals surface area contributed by atoms with Crippen molar-refractivity contribution in [2.75, 3.05) is 5.43 Å². The molecular formula is C20H24ClN3O2S. The average Bonchev–Trinajstić information content (AvgIpc) is 3.03. The van der Waals surface area contributed by atoms with E-state index in [1.165, 1.54) is 22.4 Å². The smallest absolute Gasteiger partial charge is 0.273 e. The molecule has 2 aromatic rings. The summed E-state index contributed by atoms with van der Waals surface area (Å²) in [6, 6.07) is 1.77. The van der Waals surface area contributed by atoms with Gasteiger partial charge in [-0.05, 0) is 67.2 Å². The molecule has 2 aromatic heterocycles. The highest BCUT2D eigenvalue weighted by atomic mass is 35.5. The van der Waals surface area contributed by atoms with E-state index in [2.05, 4.69) is 10.4 Å². The third-order valence-corrected chi connectivity index (χ3v) is 8.02. The fourth-order valence-electron chi connectivity index (χ4n) is 6.36. The molecule has 0 saturated heterocycles. The molecule has 5 nitrogen and oxygen atoms in total. The van der Waals surface area contributed by atoms with Crippen molar-refractivity contribution in [3.05, 3.63) is 27.6 Å². The van der Waals surface area contributed by atoms with E-state index >= 15 is 0 Å². The molecule has 4 aliphatic rings. The Morgan fingerprint density at radius 2 is 2.11 bits per heavy atom. The summed E-state index contributed by atoms with van der Waals surface area (Å²) >= 11 is 8.34. The summed E-state index contributed by atoms with van der Waals surface area (Å²) < 4.78 is 1.36. The van der Waals surface area contributed by atoms with Crippen LogP contribution in [-0.4, -0.2) is 20.4 Å². The Kier molecular flexibility index (Phi) is 3.96. The topological polar surface area (TPSA) is 64.0 Å².